The summed E-state index contributed by atoms with van der Waals surface area (Å²) < 4.78 is 0. The minimum Gasteiger partial charge on any atom is -0.377 e. The van der Waals surface area contributed by atoms with Crippen molar-refractivity contribution in [1.29, 1.82) is 0 Å². The maximum atomic E-state index is 4.46. The normalized spacial score (nSPS) is 20.6. The van der Waals surface area contributed by atoms with Gasteiger partial charge in [0, 0.05) is 23.2 Å². The van der Waals surface area contributed by atoms with Gasteiger partial charge < -0.3 is 5.32 Å². The van der Waals surface area contributed by atoms with Crippen molar-refractivity contribution >= 4 is 16.6 Å². The van der Waals surface area contributed by atoms with Crippen LogP contribution in [0.1, 0.15) is 30.0 Å². The molecule has 0 saturated carbocycles. The van der Waals surface area contributed by atoms with Gasteiger partial charge in [-0.1, -0.05) is 43.3 Å². The Hall–Kier alpha value is -2.35. The fourth-order valence-electron chi connectivity index (χ4n) is 3.23. The zero-order valence-electron chi connectivity index (χ0n) is 11.4. The van der Waals surface area contributed by atoms with E-state index >= 15 is 0 Å². The zero-order valence-corrected chi connectivity index (χ0v) is 11.4. The molecule has 2 aromatic carbocycles. The second kappa shape index (κ2) is 4.34. The van der Waals surface area contributed by atoms with Gasteiger partial charge in [0.2, 0.25) is 0 Å². The third-order valence-corrected chi connectivity index (χ3v) is 4.28. The van der Waals surface area contributed by atoms with Gasteiger partial charge in [0.25, 0.3) is 0 Å². The minimum atomic E-state index is 0.320. The van der Waals surface area contributed by atoms with Crippen molar-refractivity contribution in [3.63, 3.8) is 0 Å². The molecule has 1 aliphatic heterocycles. The molecule has 0 bridgehead atoms. The molecular weight excluding hydrogens is 244 g/mol. The average molecular weight is 260 g/mol. The highest BCUT2D eigenvalue weighted by Gasteiger charge is 2.30. The lowest BCUT2D eigenvalue weighted by atomic mass is 9.90. The topological polar surface area (TPSA) is 24.9 Å². The number of benzene rings is 2. The lowest BCUT2D eigenvalue weighted by molar-refractivity contribution is 0.680. The Kier molecular flexibility index (Phi) is 2.49. The van der Waals surface area contributed by atoms with Crippen LogP contribution in [0.5, 0.6) is 0 Å². The van der Waals surface area contributed by atoms with Crippen molar-refractivity contribution in [2.75, 3.05) is 5.32 Å². The van der Waals surface area contributed by atoms with Crippen LogP contribution in [0.2, 0.25) is 0 Å². The smallest absolute Gasteiger partial charge is 0.0705 e. The fourth-order valence-corrected chi connectivity index (χ4v) is 3.23. The van der Waals surface area contributed by atoms with Crippen LogP contribution in [0.15, 0.2) is 60.8 Å². The molecule has 2 heterocycles. The quantitative estimate of drug-likeness (QED) is 0.696. The van der Waals surface area contributed by atoms with Crippen LogP contribution >= 0.6 is 0 Å². The number of hydrogen-bond donors (Lipinski definition) is 1. The number of hydrogen-bond acceptors (Lipinski definition) is 2. The van der Waals surface area contributed by atoms with Crippen LogP contribution < -0.4 is 5.32 Å². The molecule has 0 spiro atoms. The number of anilines is 1. The molecule has 1 N–H and O–H groups in total. The number of pyridine rings is 1. The second-order valence-corrected chi connectivity index (χ2v) is 5.42. The summed E-state index contributed by atoms with van der Waals surface area (Å²) in [5, 5.41) is 4.91. The Morgan fingerprint density at radius 1 is 0.900 bits per heavy atom. The van der Waals surface area contributed by atoms with Crippen molar-refractivity contribution in [2.24, 2.45) is 0 Å². The van der Waals surface area contributed by atoms with Gasteiger partial charge in [0.15, 0.2) is 0 Å². The Labute approximate surface area is 118 Å². The van der Waals surface area contributed by atoms with Crippen LogP contribution in [0.25, 0.3) is 10.9 Å². The third-order valence-electron chi connectivity index (χ3n) is 4.28. The Balaban J connectivity index is 1.86. The number of rotatable bonds is 1. The van der Waals surface area contributed by atoms with Crippen LogP contribution in [0, 0.1) is 0 Å². The molecule has 0 radical (unpaired) electrons. The predicted molar refractivity (Wildman–Crippen MR) is 83.0 cm³/mol. The van der Waals surface area contributed by atoms with Crippen LogP contribution in [0.4, 0.5) is 5.69 Å². The number of nitrogens with one attached hydrogen (secondary N) is 1. The first kappa shape index (κ1) is 11.5. The van der Waals surface area contributed by atoms with Crippen molar-refractivity contribution in [2.45, 2.75) is 18.9 Å². The van der Waals surface area contributed by atoms with Crippen molar-refractivity contribution < 1.29 is 0 Å². The molecule has 0 unspecified atom stereocenters. The second-order valence-electron chi connectivity index (χ2n) is 5.42. The summed E-state index contributed by atoms with van der Waals surface area (Å²) in [7, 11) is 0. The van der Waals surface area contributed by atoms with Crippen molar-refractivity contribution in [1.82, 2.24) is 4.98 Å². The summed E-state index contributed by atoms with van der Waals surface area (Å²) >= 11 is 0. The molecule has 0 amide bonds. The first-order chi connectivity index (χ1) is 9.84. The van der Waals surface area contributed by atoms with Gasteiger partial charge in [0.1, 0.15) is 0 Å². The highest BCUT2D eigenvalue weighted by Crippen LogP contribution is 2.44. The largest absolute Gasteiger partial charge is 0.377 e. The van der Waals surface area contributed by atoms with E-state index in [1.54, 1.807) is 0 Å². The standard InChI is InChI=1S/C18H16N2/c1-12-13-6-2-5-9-17(13)20-18(12)15-10-11-19-16-8-4-3-7-14(15)16/h2-12,18,20H,1H3/t12-,18+/m0/s1. The first-order valence-electron chi connectivity index (χ1n) is 7.04. The van der Waals surface area contributed by atoms with Crippen LogP contribution in [-0.2, 0) is 0 Å². The lowest BCUT2D eigenvalue weighted by Gasteiger charge is -2.19. The maximum absolute atomic E-state index is 4.46. The minimum absolute atomic E-state index is 0.320. The van der Waals surface area contributed by atoms with Crippen molar-refractivity contribution in [3.05, 3.63) is 71.9 Å². The van der Waals surface area contributed by atoms with E-state index in [1.807, 2.05) is 12.3 Å². The van der Waals surface area contributed by atoms with E-state index in [0.717, 1.165) is 5.52 Å². The van der Waals surface area contributed by atoms with Gasteiger partial charge in [-0.25, -0.2) is 0 Å². The average Bonchev–Trinajstić information content (AvgIpc) is 2.84. The van der Waals surface area contributed by atoms with Crippen LogP contribution in [0.3, 0.4) is 0 Å². The van der Waals surface area contributed by atoms with E-state index < -0.39 is 0 Å². The molecule has 1 aliphatic rings. The Bertz CT molecular complexity index is 774. The highest BCUT2D eigenvalue weighted by atomic mass is 15.0. The molecule has 0 saturated heterocycles. The van der Waals surface area contributed by atoms with E-state index in [-0.39, 0.29) is 0 Å². The molecule has 0 aliphatic carbocycles. The molecule has 2 nitrogen and oxygen atoms in total. The van der Waals surface area contributed by atoms with Gasteiger partial charge in [-0.15, -0.1) is 0 Å². The van der Waals surface area contributed by atoms with Crippen molar-refractivity contribution in [3.8, 4) is 0 Å². The van der Waals surface area contributed by atoms with E-state index in [1.165, 1.54) is 22.2 Å². The predicted octanol–water partition coefficient (Wildman–Crippen LogP) is 4.51. The summed E-state index contributed by atoms with van der Waals surface area (Å²) in [5.41, 5.74) is 5.05. The SMILES string of the molecule is C[C@H]1c2ccccc2N[C@H]1c1ccnc2ccccc12. The van der Waals surface area contributed by atoms with Crippen LogP contribution in [-0.4, -0.2) is 4.98 Å². The summed E-state index contributed by atoms with van der Waals surface area (Å²) in [4.78, 5) is 4.46. The Morgan fingerprint density at radius 3 is 2.60 bits per heavy atom. The van der Waals surface area contributed by atoms with Gasteiger partial charge in [-0.3, -0.25) is 4.98 Å². The van der Waals surface area contributed by atoms with Gasteiger partial charge in [-0.05, 0) is 29.3 Å². The van der Waals surface area contributed by atoms with E-state index in [2.05, 4.69) is 65.8 Å². The monoisotopic (exact) mass is 260 g/mol. The fraction of sp³-hybridized carbons (Fsp3) is 0.167. The van der Waals surface area contributed by atoms with Gasteiger partial charge in [-0.2, -0.15) is 0 Å². The molecule has 4 rings (SSSR count). The molecule has 0 fully saturated rings. The number of aromatic nitrogens is 1. The number of para-hydroxylation sites is 2. The highest BCUT2D eigenvalue weighted by molar-refractivity contribution is 5.83. The lowest BCUT2D eigenvalue weighted by Crippen LogP contribution is -2.10. The van der Waals surface area contributed by atoms with Gasteiger partial charge in [0.05, 0.1) is 11.6 Å². The zero-order chi connectivity index (χ0) is 13.5. The maximum Gasteiger partial charge on any atom is 0.0705 e. The van der Waals surface area contributed by atoms with E-state index in [9.17, 15) is 0 Å². The molecular formula is C18H16N2. The summed E-state index contributed by atoms with van der Waals surface area (Å²) in [6.45, 7) is 2.29. The molecule has 98 valence electrons. The molecule has 2 atom stereocenters. The molecule has 20 heavy (non-hydrogen) atoms. The molecule has 2 heteroatoms. The number of fused-ring (bicyclic) bond motifs is 2. The van der Waals surface area contributed by atoms with Gasteiger partial charge >= 0.3 is 0 Å². The third kappa shape index (κ3) is 1.61. The first-order valence-corrected chi connectivity index (χ1v) is 7.04. The van der Waals surface area contributed by atoms with E-state index in [0.29, 0.717) is 12.0 Å². The molecule has 1 aromatic heterocycles. The van der Waals surface area contributed by atoms with E-state index in [4.69, 9.17) is 0 Å². The summed E-state index contributed by atoms with van der Waals surface area (Å²) in [5.74, 6) is 0.469. The molecule has 3 aromatic rings. The summed E-state index contributed by atoms with van der Waals surface area (Å²) in [6, 6.07) is 19.4. The Morgan fingerprint density at radius 2 is 1.70 bits per heavy atom. The summed E-state index contributed by atoms with van der Waals surface area (Å²) in [6.07, 6.45) is 1.91. The number of nitrogens with zero attached hydrogens (tertiary/aromatic N) is 1.